The normalized spacial score (nSPS) is 21.7. The van der Waals surface area contributed by atoms with Crippen LogP contribution in [0.2, 0.25) is 0 Å². The standard InChI is InChI=1S/C22H30F3N3O5/c1-32-9-6-27(21(30)31)13-16-12-18(17-2-4-19(5-3-17)22(23,24)25)15-28(14-16)20(29)26-7-10-33-11-8-26/h2-5,16,18H,6-15H2,1H3,(H,30,31). The van der Waals surface area contributed by atoms with Gasteiger partial charge in [-0.1, -0.05) is 12.1 Å². The molecule has 8 nitrogen and oxygen atoms in total. The Morgan fingerprint density at radius 2 is 1.82 bits per heavy atom. The number of alkyl halides is 3. The summed E-state index contributed by atoms with van der Waals surface area (Å²) in [5.74, 6) is -0.363. The van der Waals surface area contributed by atoms with Gasteiger partial charge < -0.3 is 29.3 Å². The molecule has 1 aromatic rings. The molecule has 0 aliphatic carbocycles. The van der Waals surface area contributed by atoms with Gasteiger partial charge in [0.15, 0.2) is 0 Å². The number of rotatable bonds is 6. The van der Waals surface area contributed by atoms with E-state index in [2.05, 4.69) is 0 Å². The van der Waals surface area contributed by atoms with E-state index in [4.69, 9.17) is 9.47 Å². The van der Waals surface area contributed by atoms with E-state index in [1.54, 1.807) is 9.80 Å². The molecule has 2 fully saturated rings. The third kappa shape index (κ3) is 6.73. The largest absolute Gasteiger partial charge is 0.465 e. The van der Waals surface area contributed by atoms with Gasteiger partial charge in [0.25, 0.3) is 0 Å². The van der Waals surface area contributed by atoms with Gasteiger partial charge in [-0.25, -0.2) is 9.59 Å². The fourth-order valence-electron chi connectivity index (χ4n) is 4.41. The molecule has 0 radical (unpaired) electrons. The lowest BCUT2D eigenvalue weighted by molar-refractivity contribution is -0.137. The number of methoxy groups -OCH3 is 1. The van der Waals surface area contributed by atoms with E-state index in [0.29, 0.717) is 51.4 Å². The summed E-state index contributed by atoms with van der Waals surface area (Å²) in [6.45, 7) is 3.25. The number of carboxylic acid groups (broad SMARTS) is 1. The second kappa shape index (κ2) is 11.1. The number of urea groups is 1. The second-order valence-electron chi connectivity index (χ2n) is 8.43. The average molecular weight is 473 g/mol. The van der Waals surface area contributed by atoms with Gasteiger partial charge in [0.1, 0.15) is 0 Å². The van der Waals surface area contributed by atoms with Gasteiger partial charge in [-0.15, -0.1) is 0 Å². The first-order valence-corrected chi connectivity index (χ1v) is 10.9. The lowest BCUT2D eigenvalue weighted by atomic mass is 9.84. The van der Waals surface area contributed by atoms with Crippen LogP contribution in [-0.2, 0) is 15.7 Å². The fourth-order valence-corrected chi connectivity index (χ4v) is 4.41. The van der Waals surface area contributed by atoms with Crippen molar-refractivity contribution < 1.29 is 37.3 Å². The Morgan fingerprint density at radius 1 is 1.15 bits per heavy atom. The van der Waals surface area contributed by atoms with Crippen LogP contribution >= 0.6 is 0 Å². The van der Waals surface area contributed by atoms with Gasteiger partial charge in [0.05, 0.1) is 25.4 Å². The molecule has 2 atom stereocenters. The maximum atomic E-state index is 13.2. The first kappa shape index (κ1) is 25.1. The SMILES string of the molecule is COCCN(CC1CC(c2ccc(C(F)(F)F)cc2)CN(C(=O)N2CCOCC2)C1)C(=O)O. The third-order valence-electron chi connectivity index (χ3n) is 6.11. The number of halogens is 3. The third-order valence-corrected chi connectivity index (χ3v) is 6.11. The Kier molecular flexibility index (Phi) is 8.41. The summed E-state index contributed by atoms with van der Waals surface area (Å²) in [5, 5.41) is 9.56. The van der Waals surface area contributed by atoms with Crippen molar-refractivity contribution in [3.05, 3.63) is 35.4 Å². The van der Waals surface area contributed by atoms with Crippen LogP contribution in [0.4, 0.5) is 22.8 Å². The van der Waals surface area contributed by atoms with E-state index in [1.807, 2.05) is 0 Å². The van der Waals surface area contributed by atoms with E-state index in [-0.39, 0.29) is 37.6 Å². The Bertz CT molecular complexity index is 799. The number of morpholine rings is 1. The summed E-state index contributed by atoms with van der Waals surface area (Å²) in [6.07, 6.45) is -4.93. The highest BCUT2D eigenvalue weighted by Gasteiger charge is 2.35. The zero-order chi connectivity index (χ0) is 24.0. The Morgan fingerprint density at radius 3 is 2.39 bits per heavy atom. The van der Waals surface area contributed by atoms with E-state index in [1.165, 1.54) is 24.1 Å². The van der Waals surface area contributed by atoms with Crippen molar-refractivity contribution in [1.82, 2.24) is 14.7 Å². The molecule has 11 heteroatoms. The van der Waals surface area contributed by atoms with Gasteiger partial charge in [-0.05, 0) is 30.0 Å². The van der Waals surface area contributed by atoms with Crippen LogP contribution in [-0.4, -0.2) is 98.1 Å². The monoisotopic (exact) mass is 473 g/mol. The predicted octanol–water partition coefficient (Wildman–Crippen LogP) is 3.19. The molecular weight excluding hydrogens is 443 g/mol. The molecule has 1 N–H and O–H groups in total. The minimum absolute atomic E-state index is 0.154. The molecule has 33 heavy (non-hydrogen) atoms. The van der Waals surface area contributed by atoms with Crippen LogP contribution in [0, 0.1) is 5.92 Å². The Labute approximate surface area is 190 Å². The van der Waals surface area contributed by atoms with Crippen LogP contribution in [0.1, 0.15) is 23.5 Å². The van der Waals surface area contributed by atoms with Gasteiger partial charge in [0, 0.05) is 52.3 Å². The van der Waals surface area contributed by atoms with Crippen molar-refractivity contribution in [3.63, 3.8) is 0 Å². The topological polar surface area (TPSA) is 82.5 Å². The fraction of sp³-hybridized carbons (Fsp3) is 0.636. The summed E-state index contributed by atoms with van der Waals surface area (Å²) < 4.78 is 49.3. The molecule has 1 aromatic carbocycles. The average Bonchev–Trinajstić information content (AvgIpc) is 2.81. The molecular formula is C22H30F3N3O5. The highest BCUT2D eigenvalue weighted by atomic mass is 19.4. The minimum atomic E-state index is -4.42. The molecule has 2 heterocycles. The van der Waals surface area contributed by atoms with Crippen molar-refractivity contribution >= 4 is 12.1 Å². The first-order chi connectivity index (χ1) is 15.7. The Hall–Kier alpha value is -2.53. The Balaban J connectivity index is 1.79. The van der Waals surface area contributed by atoms with Gasteiger partial charge >= 0.3 is 18.3 Å². The van der Waals surface area contributed by atoms with E-state index >= 15 is 0 Å². The molecule has 0 bridgehead atoms. The molecule has 2 unspecified atom stereocenters. The summed E-state index contributed by atoms with van der Waals surface area (Å²) in [7, 11) is 1.49. The smallest absolute Gasteiger partial charge is 0.416 e. The van der Waals surface area contributed by atoms with Crippen LogP contribution in [0.3, 0.4) is 0 Å². The molecule has 0 spiro atoms. The molecule has 184 valence electrons. The molecule has 3 rings (SSSR count). The van der Waals surface area contributed by atoms with Crippen LogP contribution in [0.25, 0.3) is 0 Å². The maximum Gasteiger partial charge on any atom is 0.416 e. The molecule has 3 amide bonds. The zero-order valence-corrected chi connectivity index (χ0v) is 18.6. The maximum absolute atomic E-state index is 13.2. The van der Waals surface area contributed by atoms with Crippen LogP contribution in [0.15, 0.2) is 24.3 Å². The lowest BCUT2D eigenvalue weighted by Gasteiger charge is -2.42. The lowest BCUT2D eigenvalue weighted by Crippen LogP contribution is -2.53. The number of amides is 3. The number of piperidine rings is 1. The summed E-state index contributed by atoms with van der Waals surface area (Å²) in [4.78, 5) is 29.5. The minimum Gasteiger partial charge on any atom is -0.465 e. The highest BCUT2D eigenvalue weighted by Crippen LogP contribution is 2.34. The number of ether oxygens (including phenoxy) is 2. The van der Waals surface area contributed by atoms with Crippen molar-refractivity contribution in [2.75, 3.05) is 66.2 Å². The van der Waals surface area contributed by atoms with Crippen molar-refractivity contribution in [3.8, 4) is 0 Å². The van der Waals surface area contributed by atoms with Crippen molar-refractivity contribution in [2.24, 2.45) is 5.92 Å². The number of likely N-dealkylation sites (tertiary alicyclic amines) is 1. The predicted molar refractivity (Wildman–Crippen MR) is 113 cm³/mol. The van der Waals surface area contributed by atoms with Crippen LogP contribution in [0.5, 0.6) is 0 Å². The zero-order valence-electron chi connectivity index (χ0n) is 18.6. The van der Waals surface area contributed by atoms with Crippen molar-refractivity contribution in [2.45, 2.75) is 18.5 Å². The molecule has 2 saturated heterocycles. The second-order valence-corrected chi connectivity index (χ2v) is 8.43. The number of carbonyl (C=O) groups excluding carboxylic acids is 1. The molecule has 2 aliphatic rings. The molecule has 2 aliphatic heterocycles. The quantitative estimate of drug-likeness (QED) is 0.686. The van der Waals surface area contributed by atoms with Gasteiger partial charge in [-0.2, -0.15) is 13.2 Å². The van der Waals surface area contributed by atoms with Gasteiger partial charge in [-0.3, -0.25) is 0 Å². The van der Waals surface area contributed by atoms with E-state index < -0.39 is 17.8 Å². The van der Waals surface area contributed by atoms with Crippen LogP contribution < -0.4 is 0 Å². The number of nitrogens with zero attached hydrogens (tertiary/aromatic N) is 3. The van der Waals surface area contributed by atoms with Gasteiger partial charge in [0.2, 0.25) is 0 Å². The number of benzene rings is 1. The summed E-state index contributed by atoms with van der Waals surface area (Å²) in [6, 6.07) is 4.85. The first-order valence-electron chi connectivity index (χ1n) is 10.9. The number of hydrogen-bond donors (Lipinski definition) is 1. The highest BCUT2D eigenvalue weighted by molar-refractivity contribution is 5.75. The van der Waals surface area contributed by atoms with E-state index in [9.17, 15) is 27.9 Å². The number of carbonyl (C=O) groups is 2. The summed E-state index contributed by atoms with van der Waals surface area (Å²) >= 11 is 0. The molecule has 0 aromatic heterocycles. The van der Waals surface area contributed by atoms with E-state index in [0.717, 1.165) is 12.1 Å². The number of hydrogen-bond acceptors (Lipinski definition) is 4. The molecule has 0 saturated carbocycles. The summed E-state index contributed by atoms with van der Waals surface area (Å²) in [5.41, 5.74) is -0.0253. The van der Waals surface area contributed by atoms with Crippen molar-refractivity contribution in [1.29, 1.82) is 0 Å².